The highest BCUT2D eigenvalue weighted by molar-refractivity contribution is 7.16. The molecule has 0 bridgehead atoms. The minimum absolute atomic E-state index is 0.137. The van der Waals surface area contributed by atoms with Gasteiger partial charge in [-0.25, -0.2) is 4.39 Å². The van der Waals surface area contributed by atoms with Crippen LogP contribution in [-0.4, -0.2) is 6.54 Å². The van der Waals surface area contributed by atoms with E-state index < -0.39 is 0 Å². The molecule has 1 aromatic carbocycles. The van der Waals surface area contributed by atoms with Gasteiger partial charge >= 0.3 is 0 Å². The summed E-state index contributed by atoms with van der Waals surface area (Å²) in [6.45, 7) is 2.71. The standard InChI is InChI=1S/C13H12Cl2FNS/c1-2-17-13(10-6-7-11(15)18-10)8-4-3-5-9(14)12(8)16/h3-7,13,17H,2H2,1H3. The van der Waals surface area contributed by atoms with Crippen LogP contribution < -0.4 is 5.32 Å². The van der Waals surface area contributed by atoms with Gasteiger partial charge in [0.15, 0.2) is 0 Å². The van der Waals surface area contributed by atoms with Gasteiger partial charge in [0, 0.05) is 10.4 Å². The number of nitrogens with one attached hydrogen (secondary N) is 1. The zero-order valence-electron chi connectivity index (χ0n) is 9.71. The number of rotatable bonds is 4. The summed E-state index contributed by atoms with van der Waals surface area (Å²) in [5.41, 5.74) is 0.544. The van der Waals surface area contributed by atoms with Gasteiger partial charge in [-0.3, -0.25) is 0 Å². The molecule has 2 aromatic rings. The van der Waals surface area contributed by atoms with Crippen molar-refractivity contribution >= 4 is 34.5 Å². The fourth-order valence-electron chi connectivity index (χ4n) is 1.79. The van der Waals surface area contributed by atoms with Crippen LogP contribution in [0, 0.1) is 5.82 Å². The van der Waals surface area contributed by atoms with Crippen molar-refractivity contribution in [3.8, 4) is 0 Å². The topological polar surface area (TPSA) is 12.0 Å². The summed E-state index contributed by atoms with van der Waals surface area (Å²) in [5.74, 6) is -0.380. The highest BCUT2D eigenvalue weighted by atomic mass is 35.5. The second kappa shape index (κ2) is 6.02. The third-order valence-electron chi connectivity index (χ3n) is 2.58. The van der Waals surface area contributed by atoms with Crippen LogP contribution in [0.2, 0.25) is 9.36 Å². The Kier molecular flexibility index (Phi) is 4.62. The molecule has 0 fully saturated rings. The van der Waals surface area contributed by atoms with Crippen LogP contribution in [0.25, 0.3) is 0 Å². The second-order valence-electron chi connectivity index (χ2n) is 3.78. The Morgan fingerprint density at radius 2 is 2.06 bits per heavy atom. The van der Waals surface area contributed by atoms with Crippen LogP contribution in [0.15, 0.2) is 30.3 Å². The number of hydrogen-bond donors (Lipinski definition) is 1. The molecule has 1 unspecified atom stereocenters. The van der Waals surface area contributed by atoms with Gasteiger partial charge in [0.1, 0.15) is 5.82 Å². The van der Waals surface area contributed by atoms with E-state index in [-0.39, 0.29) is 16.9 Å². The second-order valence-corrected chi connectivity index (χ2v) is 5.93. The normalized spacial score (nSPS) is 12.7. The van der Waals surface area contributed by atoms with E-state index in [2.05, 4.69) is 5.32 Å². The van der Waals surface area contributed by atoms with E-state index in [0.717, 1.165) is 11.4 Å². The Morgan fingerprint density at radius 3 is 2.67 bits per heavy atom. The summed E-state index contributed by atoms with van der Waals surface area (Å²) in [4.78, 5) is 0.975. The molecule has 0 aliphatic carbocycles. The molecular formula is C13H12Cl2FNS. The number of halogens is 3. The quantitative estimate of drug-likeness (QED) is 0.847. The molecule has 0 radical (unpaired) electrons. The average molecular weight is 304 g/mol. The first-order valence-corrected chi connectivity index (χ1v) is 7.13. The monoisotopic (exact) mass is 303 g/mol. The SMILES string of the molecule is CCNC(c1ccc(Cl)s1)c1cccc(Cl)c1F. The fraction of sp³-hybridized carbons (Fsp3) is 0.231. The molecule has 0 saturated heterocycles. The smallest absolute Gasteiger partial charge is 0.146 e. The largest absolute Gasteiger partial charge is 0.306 e. The molecule has 1 N–H and O–H groups in total. The minimum atomic E-state index is -0.380. The van der Waals surface area contributed by atoms with Gasteiger partial charge in [0.2, 0.25) is 0 Å². The molecular weight excluding hydrogens is 292 g/mol. The summed E-state index contributed by atoms with van der Waals surface area (Å²) < 4.78 is 14.8. The van der Waals surface area contributed by atoms with E-state index in [1.807, 2.05) is 19.1 Å². The van der Waals surface area contributed by atoms with E-state index in [1.165, 1.54) is 11.3 Å². The van der Waals surface area contributed by atoms with Crippen molar-refractivity contribution in [2.75, 3.05) is 6.54 Å². The Hall–Kier alpha value is -0.610. The van der Waals surface area contributed by atoms with Gasteiger partial charge in [-0.05, 0) is 24.7 Å². The Labute approximate surface area is 120 Å². The third kappa shape index (κ3) is 2.86. The van der Waals surface area contributed by atoms with Gasteiger partial charge in [-0.2, -0.15) is 0 Å². The van der Waals surface area contributed by atoms with Gasteiger partial charge in [-0.1, -0.05) is 42.3 Å². The third-order valence-corrected chi connectivity index (χ3v) is 4.17. The Morgan fingerprint density at radius 1 is 1.28 bits per heavy atom. The van der Waals surface area contributed by atoms with E-state index in [1.54, 1.807) is 18.2 Å². The first-order valence-electron chi connectivity index (χ1n) is 5.56. The lowest BCUT2D eigenvalue weighted by molar-refractivity contribution is 0.563. The van der Waals surface area contributed by atoms with Crippen LogP contribution in [0.3, 0.4) is 0 Å². The zero-order chi connectivity index (χ0) is 13.1. The van der Waals surface area contributed by atoms with Crippen molar-refractivity contribution in [3.63, 3.8) is 0 Å². The minimum Gasteiger partial charge on any atom is -0.306 e. The maximum Gasteiger partial charge on any atom is 0.146 e. The lowest BCUT2D eigenvalue weighted by atomic mass is 10.0. The van der Waals surface area contributed by atoms with Gasteiger partial charge in [0.25, 0.3) is 0 Å². The van der Waals surface area contributed by atoms with Crippen molar-refractivity contribution < 1.29 is 4.39 Å². The maximum atomic E-state index is 14.1. The Balaban J connectivity index is 2.44. The molecule has 1 atom stereocenters. The number of thiophene rings is 1. The van der Waals surface area contributed by atoms with Gasteiger partial charge in [-0.15, -0.1) is 11.3 Å². The molecule has 2 rings (SSSR count). The molecule has 0 spiro atoms. The molecule has 0 saturated carbocycles. The first kappa shape index (κ1) is 13.8. The van der Waals surface area contributed by atoms with E-state index in [4.69, 9.17) is 23.2 Å². The van der Waals surface area contributed by atoms with E-state index in [9.17, 15) is 4.39 Å². The lowest BCUT2D eigenvalue weighted by Gasteiger charge is -2.18. The van der Waals surface area contributed by atoms with E-state index in [0.29, 0.717) is 9.90 Å². The van der Waals surface area contributed by atoms with Crippen molar-refractivity contribution in [1.82, 2.24) is 5.32 Å². The molecule has 0 aliphatic rings. The van der Waals surface area contributed by atoms with Gasteiger partial charge < -0.3 is 5.32 Å². The Bertz CT molecular complexity index is 542. The number of benzene rings is 1. The molecule has 1 nitrogen and oxygen atoms in total. The van der Waals surface area contributed by atoms with E-state index >= 15 is 0 Å². The highest BCUT2D eigenvalue weighted by Gasteiger charge is 2.20. The molecule has 1 heterocycles. The average Bonchev–Trinajstić information content (AvgIpc) is 2.77. The molecule has 5 heteroatoms. The fourth-order valence-corrected chi connectivity index (χ4v) is 3.13. The predicted molar refractivity (Wildman–Crippen MR) is 76.3 cm³/mol. The molecule has 1 aromatic heterocycles. The summed E-state index contributed by atoms with van der Waals surface area (Å²) in [6, 6.07) is 8.54. The predicted octanol–water partition coefficient (Wildman–Crippen LogP) is 4.89. The molecule has 0 amide bonds. The van der Waals surface area contributed by atoms with Crippen LogP contribution in [0.5, 0.6) is 0 Å². The first-order chi connectivity index (χ1) is 8.63. The maximum absolute atomic E-state index is 14.1. The summed E-state index contributed by atoms with van der Waals surface area (Å²) in [5, 5.41) is 3.39. The van der Waals surface area contributed by atoms with Crippen molar-refractivity contribution in [1.29, 1.82) is 0 Å². The van der Waals surface area contributed by atoms with Crippen molar-refractivity contribution in [2.45, 2.75) is 13.0 Å². The molecule has 18 heavy (non-hydrogen) atoms. The molecule has 0 aliphatic heterocycles. The van der Waals surface area contributed by atoms with Crippen LogP contribution in [0.4, 0.5) is 4.39 Å². The van der Waals surface area contributed by atoms with Crippen LogP contribution in [0.1, 0.15) is 23.4 Å². The summed E-state index contributed by atoms with van der Waals surface area (Å²) >= 11 is 13.2. The zero-order valence-corrected chi connectivity index (χ0v) is 12.0. The summed E-state index contributed by atoms with van der Waals surface area (Å²) in [6.07, 6.45) is 0. The summed E-state index contributed by atoms with van der Waals surface area (Å²) in [7, 11) is 0. The number of hydrogen-bond acceptors (Lipinski definition) is 2. The lowest BCUT2D eigenvalue weighted by Crippen LogP contribution is -2.22. The highest BCUT2D eigenvalue weighted by Crippen LogP contribution is 2.33. The van der Waals surface area contributed by atoms with Crippen molar-refractivity contribution in [2.24, 2.45) is 0 Å². The molecule has 96 valence electrons. The van der Waals surface area contributed by atoms with Crippen LogP contribution in [-0.2, 0) is 0 Å². The van der Waals surface area contributed by atoms with Crippen molar-refractivity contribution in [3.05, 3.63) is 55.9 Å². The van der Waals surface area contributed by atoms with Crippen LogP contribution >= 0.6 is 34.5 Å². The van der Waals surface area contributed by atoms with Gasteiger partial charge in [0.05, 0.1) is 15.4 Å².